The average Bonchev–Trinajstić information content (AvgIpc) is 2.61. The minimum Gasteiger partial charge on any atom is -0.351 e. The molecule has 0 spiro atoms. The second kappa shape index (κ2) is 7.92. The van der Waals surface area contributed by atoms with Gasteiger partial charge in [-0.3, -0.25) is 9.69 Å². The zero-order valence-corrected chi connectivity index (χ0v) is 14.7. The van der Waals surface area contributed by atoms with E-state index in [-0.39, 0.29) is 11.4 Å². The summed E-state index contributed by atoms with van der Waals surface area (Å²) in [6.07, 6.45) is 10.2. The molecule has 0 unspecified atom stereocenters. The molecule has 1 amide bonds. The normalized spacial score (nSPS) is 21.5. The van der Waals surface area contributed by atoms with Crippen LogP contribution in [0.2, 0.25) is 0 Å². The van der Waals surface area contributed by atoms with Gasteiger partial charge in [-0.25, -0.2) is 9.97 Å². The van der Waals surface area contributed by atoms with Gasteiger partial charge in [0.1, 0.15) is 0 Å². The third-order valence-corrected chi connectivity index (χ3v) is 5.26. The van der Waals surface area contributed by atoms with Gasteiger partial charge in [-0.05, 0) is 25.8 Å². The Morgan fingerprint density at radius 1 is 1.12 bits per heavy atom. The number of hydrogen-bond donors (Lipinski definition) is 1. The number of amides is 1. The highest BCUT2D eigenvalue weighted by atomic mass is 16.1. The first-order chi connectivity index (χ1) is 11.6. The lowest BCUT2D eigenvalue weighted by Gasteiger charge is -2.36. The van der Waals surface area contributed by atoms with Gasteiger partial charge in [-0.1, -0.05) is 19.3 Å². The number of carbonyl (C=O) groups excluding carboxylic acids is 1. The molecule has 0 bridgehead atoms. The Morgan fingerprint density at radius 3 is 2.46 bits per heavy atom. The maximum absolute atomic E-state index is 12.3. The first kappa shape index (κ1) is 17.1. The van der Waals surface area contributed by atoms with E-state index in [1.165, 1.54) is 19.3 Å². The Balaban J connectivity index is 1.38. The van der Waals surface area contributed by atoms with Crippen LogP contribution >= 0.6 is 0 Å². The fraction of sp³-hybridized carbons (Fsp3) is 0.722. The smallest absolute Gasteiger partial charge is 0.225 e. The molecule has 2 fully saturated rings. The molecule has 132 valence electrons. The third-order valence-electron chi connectivity index (χ3n) is 5.26. The SMILES string of the molecule is CC1(NC(=O)CCN2CCN(c3ncccn3)CC2)CCCCC1. The van der Waals surface area contributed by atoms with Crippen molar-refractivity contribution in [2.75, 3.05) is 37.6 Å². The number of carbonyl (C=O) groups is 1. The fourth-order valence-corrected chi connectivity index (χ4v) is 3.74. The number of piperazine rings is 1. The van der Waals surface area contributed by atoms with E-state index in [1.54, 1.807) is 12.4 Å². The van der Waals surface area contributed by atoms with Crippen LogP contribution < -0.4 is 10.2 Å². The van der Waals surface area contributed by atoms with Gasteiger partial charge in [0, 0.05) is 57.1 Å². The van der Waals surface area contributed by atoms with Crippen molar-refractivity contribution in [3.63, 3.8) is 0 Å². The summed E-state index contributed by atoms with van der Waals surface area (Å²) >= 11 is 0. The summed E-state index contributed by atoms with van der Waals surface area (Å²) in [7, 11) is 0. The Labute approximate surface area is 144 Å². The lowest BCUT2D eigenvalue weighted by molar-refractivity contribution is -0.123. The van der Waals surface area contributed by atoms with E-state index >= 15 is 0 Å². The second-order valence-electron chi connectivity index (χ2n) is 7.30. The lowest BCUT2D eigenvalue weighted by Crippen LogP contribution is -2.50. The minimum absolute atomic E-state index is 0.0265. The maximum atomic E-state index is 12.3. The summed E-state index contributed by atoms with van der Waals surface area (Å²) in [6, 6.07) is 1.84. The number of aromatic nitrogens is 2. The van der Waals surface area contributed by atoms with Crippen LogP contribution in [0.4, 0.5) is 5.95 Å². The minimum atomic E-state index is 0.0265. The van der Waals surface area contributed by atoms with Gasteiger partial charge < -0.3 is 10.2 Å². The molecule has 1 aliphatic carbocycles. The van der Waals surface area contributed by atoms with Gasteiger partial charge in [0.05, 0.1) is 0 Å². The molecule has 1 saturated carbocycles. The zero-order chi connectivity index (χ0) is 16.8. The second-order valence-corrected chi connectivity index (χ2v) is 7.30. The van der Waals surface area contributed by atoms with Crippen LogP contribution in [-0.4, -0.2) is 59.0 Å². The zero-order valence-electron chi connectivity index (χ0n) is 14.7. The van der Waals surface area contributed by atoms with Crippen molar-refractivity contribution in [3.8, 4) is 0 Å². The standard InChI is InChI=1S/C18H29N5O/c1-18(7-3-2-4-8-18)21-16(24)6-11-22-12-14-23(15-13-22)17-19-9-5-10-20-17/h5,9-10H,2-4,6-8,11-15H2,1H3,(H,21,24). The predicted molar refractivity (Wildman–Crippen MR) is 94.9 cm³/mol. The van der Waals surface area contributed by atoms with E-state index in [4.69, 9.17) is 0 Å². The van der Waals surface area contributed by atoms with E-state index in [0.29, 0.717) is 6.42 Å². The van der Waals surface area contributed by atoms with Gasteiger partial charge in [-0.2, -0.15) is 0 Å². The highest BCUT2D eigenvalue weighted by Gasteiger charge is 2.28. The highest BCUT2D eigenvalue weighted by Crippen LogP contribution is 2.27. The molecule has 1 saturated heterocycles. The fourth-order valence-electron chi connectivity index (χ4n) is 3.74. The Hall–Kier alpha value is -1.69. The summed E-state index contributed by atoms with van der Waals surface area (Å²) in [6.45, 7) is 6.80. The first-order valence-electron chi connectivity index (χ1n) is 9.20. The summed E-state index contributed by atoms with van der Waals surface area (Å²) in [4.78, 5) is 25.5. The Morgan fingerprint density at radius 2 is 1.79 bits per heavy atom. The van der Waals surface area contributed by atoms with Crippen LogP contribution in [0.5, 0.6) is 0 Å². The van der Waals surface area contributed by atoms with Crippen molar-refractivity contribution in [1.29, 1.82) is 0 Å². The lowest BCUT2D eigenvalue weighted by atomic mass is 9.83. The van der Waals surface area contributed by atoms with Crippen molar-refractivity contribution in [2.45, 2.75) is 51.0 Å². The summed E-state index contributed by atoms with van der Waals surface area (Å²) in [5.41, 5.74) is 0.0265. The predicted octanol–water partition coefficient (Wildman–Crippen LogP) is 1.83. The number of nitrogens with one attached hydrogen (secondary N) is 1. The summed E-state index contributed by atoms with van der Waals surface area (Å²) < 4.78 is 0. The molecule has 3 rings (SSSR count). The van der Waals surface area contributed by atoms with E-state index in [2.05, 4.69) is 32.0 Å². The van der Waals surface area contributed by atoms with Crippen molar-refractivity contribution in [1.82, 2.24) is 20.2 Å². The quantitative estimate of drug-likeness (QED) is 0.892. The molecule has 6 heteroatoms. The van der Waals surface area contributed by atoms with E-state index < -0.39 is 0 Å². The average molecular weight is 331 g/mol. The first-order valence-corrected chi connectivity index (χ1v) is 9.20. The summed E-state index contributed by atoms with van der Waals surface area (Å²) in [5.74, 6) is 1.01. The van der Waals surface area contributed by atoms with Crippen LogP contribution in [0.1, 0.15) is 45.4 Å². The topological polar surface area (TPSA) is 61.4 Å². The largest absolute Gasteiger partial charge is 0.351 e. The molecular formula is C18H29N5O. The molecule has 0 aromatic carbocycles. The Bertz CT molecular complexity index is 521. The Kier molecular flexibility index (Phi) is 5.66. The van der Waals surface area contributed by atoms with Crippen LogP contribution in [0.25, 0.3) is 0 Å². The van der Waals surface area contributed by atoms with Gasteiger partial charge in [0.15, 0.2) is 0 Å². The maximum Gasteiger partial charge on any atom is 0.225 e. The van der Waals surface area contributed by atoms with E-state index in [1.807, 2.05) is 6.07 Å². The number of anilines is 1. The van der Waals surface area contributed by atoms with Crippen LogP contribution in [0.3, 0.4) is 0 Å². The molecule has 1 aromatic rings. The molecule has 24 heavy (non-hydrogen) atoms. The van der Waals surface area contributed by atoms with Crippen molar-refractivity contribution in [3.05, 3.63) is 18.5 Å². The van der Waals surface area contributed by atoms with Gasteiger partial charge in [0.25, 0.3) is 0 Å². The van der Waals surface area contributed by atoms with Crippen molar-refractivity contribution in [2.24, 2.45) is 0 Å². The molecule has 1 aromatic heterocycles. The number of rotatable bonds is 5. The van der Waals surface area contributed by atoms with Gasteiger partial charge >= 0.3 is 0 Å². The van der Waals surface area contributed by atoms with Crippen molar-refractivity contribution >= 4 is 11.9 Å². The van der Waals surface area contributed by atoms with E-state index in [9.17, 15) is 4.79 Å². The molecular weight excluding hydrogens is 302 g/mol. The third kappa shape index (κ3) is 4.66. The monoisotopic (exact) mass is 331 g/mol. The van der Waals surface area contributed by atoms with Crippen LogP contribution in [0.15, 0.2) is 18.5 Å². The van der Waals surface area contributed by atoms with Crippen LogP contribution in [0, 0.1) is 0 Å². The molecule has 1 aliphatic heterocycles. The molecule has 1 N–H and O–H groups in total. The van der Waals surface area contributed by atoms with Gasteiger partial charge in [0.2, 0.25) is 11.9 Å². The van der Waals surface area contributed by atoms with E-state index in [0.717, 1.165) is 51.5 Å². The number of nitrogens with zero attached hydrogens (tertiary/aromatic N) is 4. The summed E-state index contributed by atoms with van der Waals surface area (Å²) in [5, 5.41) is 3.27. The van der Waals surface area contributed by atoms with Crippen LogP contribution in [-0.2, 0) is 4.79 Å². The van der Waals surface area contributed by atoms with Gasteiger partial charge in [-0.15, -0.1) is 0 Å². The number of hydrogen-bond acceptors (Lipinski definition) is 5. The molecule has 0 radical (unpaired) electrons. The highest BCUT2D eigenvalue weighted by molar-refractivity contribution is 5.76. The molecule has 6 nitrogen and oxygen atoms in total. The molecule has 2 aliphatic rings. The van der Waals surface area contributed by atoms with Crippen molar-refractivity contribution < 1.29 is 4.79 Å². The molecule has 0 atom stereocenters. The molecule has 2 heterocycles.